The largest absolute Gasteiger partial charge is 0.497 e. The number of carbonyl (C=O) groups is 1. The number of aromatic nitrogens is 2. The van der Waals surface area contributed by atoms with Crippen molar-refractivity contribution in [2.45, 2.75) is 33.3 Å². The monoisotopic (exact) mass is 331 g/mol. The predicted molar refractivity (Wildman–Crippen MR) is 92.6 cm³/mol. The van der Waals surface area contributed by atoms with Gasteiger partial charge in [-0.25, -0.2) is 4.68 Å². The van der Waals surface area contributed by atoms with Gasteiger partial charge in [0.25, 0.3) is 5.91 Å². The minimum Gasteiger partial charge on any atom is -0.497 e. The Kier molecular flexibility index (Phi) is 5.98. The zero-order valence-corrected chi connectivity index (χ0v) is 14.6. The molecule has 1 unspecified atom stereocenters. The Labute approximate surface area is 142 Å². The van der Waals surface area contributed by atoms with Gasteiger partial charge in [0.05, 0.1) is 18.9 Å². The van der Waals surface area contributed by atoms with Gasteiger partial charge in [-0.1, -0.05) is 13.8 Å². The Hall–Kier alpha value is -2.34. The minimum absolute atomic E-state index is 0.228. The number of methoxy groups -OCH3 is 1. The number of nitrogens with one attached hydrogen (secondary N) is 1. The van der Waals surface area contributed by atoms with E-state index in [9.17, 15) is 9.90 Å². The van der Waals surface area contributed by atoms with Crippen LogP contribution in [0.15, 0.2) is 30.3 Å². The van der Waals surface area contributed by atoms with Gasteiger partial charge in [-0.2, -0.15) is 5.10 Å². The number of rotatable bonds is 7. The molecular formula is C18H25N3O3. The van der Waals surface area contributed by atoms with Crippen molar-refractivity contribution < 1.29 is 14.6 Å². The van der Waals surface area contributed by atoms with Crippen LogP contribution >= 0.6 is 0 Å². The lowest BCUT2D eigenvalue weighted by Crippen LogP contribution is -2.33. The number of carbonyl (C=O) groups excluding carboxylic acids is 1. The van der Waals surface area contributed by atoms with E-state index in [0.717, 1.165) is 17.1 Å². The van der Waals surface area contributed by atoms with E-state index in [1.807, 2.05) is 45.0 Å². The molecule has 0 aliphatic carbocycles. The van der Waals surface area contributed by atoms with Crippen molar-refractivity contribution in [3.05, 3.63) is 41.7 Å². The van der Waals surface area contributed by atoms with Crippen molar-refractivity contribution in [2.75, 3.05) is 13.7 Å². The fraction of sp³-hybridized carbons (Fsp3) is 0.444. The van der Waals surface area contributed by atoms with E-state index in [2.05, 4.69) is 10.4 Å². The molecule has 0 bridgehead atoms. The minimum atomic E-state index is -0.543. The third-order valence-corrected chi connectivity index (χ3v) is 3.68. The highest BCUT2D eigenvalue weighted by Gasteiger charge is 2.15. The molecule has 0 radical (unpaired) electrons. The second-order valence-electron chi connectivity index (χ2n) is 6.27. The molecule has 0 fully saturated rings. The average molecular weight is 331 g/mol. The molecule has 6 heteroatoms. The Bertz CT molecular complexity index is 677. The SMILES string of the molecule is COc1ccc(-n2nc(C(=O)NCC(O)CC(C)C)cc2C)cc1. The smallest absolute Gasteiger partial charge is 0.271 e. The van der Waals surface area contributed by atoms with Crippen LogP contribution in [-0.4, -0.2) is 40.6 Å². The molecule has 1 amide bonds. The van der Waals surface area contributed by atoms with Crippen molar-refractivity contribution in [3.8, 4) is 11.4 Å². The lowest BCUT2D eigenvalue weighted by Gasteiger charge is -2.13. The fourth-order valence-electron chi connectivity index (χ4n) is 2.50. The number of aliphatic hydroxyl groups is 1. The molecule has 0 saturated carbocycles. The van der Waals surface area contributed by atoms with Crippen LogP contribution in [0.2, 0.25) is 0 Å². The fourth-order valence-corrected chi connectivity index (χ4v) is 2.50. The van der Waals surface area contributed by atoms with E-state index >= 15 is 0 Å². The number of benzene rings is 1. The van der Waals surface area contributed by atoms with Crippen molar-refractivity contribution >= 4 is 5.91 Å². The first-order valence-corrected chi connectivity index (χ1v) is 8.08. The van der Waals surface area contributed by atoms with E-state index < -0.39 is 6.10 Å². The summed E-state index contributed by atoms with van der Waals surface area (Å²) in [7, 11) is 1.62. The number of aliphatic hydroxyl groups excluding tert-OH is 1. The maximum atomic E-state index is 12.2. The topological polar surface area (TPSA) is 76.4 Å². The van der Waals surface area contributed by atoms with E-state index in [1.165, 1.54) is 0 Å². The normalized spacial score (nSPS) is 12.2. The van der Waals surface area contributed by atoms with E-state index in [4.69, 9.17) is 4.74 Å². The molecule has 2 N–H and O–H groups in total. The van der Waals surface area contributed by atoms with E-state index in [-0.39, 0.29) is 12.5 Å². The van der Waals surface area contributed by atoms with Gasteiger partial charge in [-0.3, -0.25) is 4.79 Å². The van der Waals surface area contributed by atoms with Crippen molar-refractivity contribution in [1.29, 1.82) is 0 Å². The number of nitrogens with zero attached hydrogens (tertiary/aromatic N) is 2. The van der Waals surface area contributed by atoms with Crippen molar-refractivity contribution in [1.82, 2.24) is 15.1 Å². The van der Waals surface area contributed by atoms with Gasteiger partial charge in [0.2, 0.25) is 0 Å². The molecule has 1 atom stereocenters. The summed E-state index contributed by atoms with van der Waals surface area (Å²) in [6.07, 6.45) is 0.110. The number of hydrogen-bond donors (Lipinski definition) is 2. The highest BCUT2D eigenvalue weighted by Crippen LogP contribution is 2.16. The summed E-state index contributed by atoms with van der Waals surface area (Å²) >= 11 is 0. The number of aryl methyl sites for hydroxylation is 1. The van der Waals surface area contributed by atoms with Gasteiger partial charge >= 0.3 is 0 Å². The van der Waals surface area contributed by atoms with E-state index in [0.29, 0.717) is 18.0 Å². The zero-order chi connectivity index (χ0) is 17.7. The molecule has 24 heavy (non-hydrogen) atoms. The second-order valence-corrected chi connectivity index (χ2v) is 6.27. The summed E-state index contributed by atoms with van der Waals surface area (Å²) in [5, 5.41) is 16.9. The van der Waals surface area contributed by atoms with Gasteiger partial charge < -0.3 is 15.2 Å². The molecule has 0 spiro atoms. The lowest BCUT2D eigenvalue weighted by atomic mass is 10.1. The predicted octanol–water partition coefficient (Wildman–Crippen LogP) is 2.33. The Morgan fingerprint density at radius 2 is 2.00 bits per heavy atom. The first kappa shape index (κ1) is 18.0. The third kappa shape index (κ3) is 4.58. The summed E-state index contributed by atoms with van der Waals surface area (Å²) < 4.78 is 6.85. The lowest BCUT2D eigenvalue weighted by molar-refractivity contribution is 0.0895. The summed E-state index contributed by atoms with van der Waals surface area (Å²) in [4.78, 5) is 12.2. The van der Waals surface area contributed by atoms with Crippen molar-refractivity contribution in [3.63, 3.8) is 0 Å². The van der Waals surface area contributed by atoms with Crippen LogP contribution in [0.25, 0.3) is 5.69 Å². The first-order chi connectivity index (χ1) is 11.4. The molecule has 0 aliphatic rings. The van der Waals surface area contributed by atoms with Crippen LogP contribution in [0.1, 0.15) is 36.5 Å². The first-order valence-electron chi connectivity index (χ1n) is 8.08. The molecule has 2 aromatic rings. The quantitative estimate of drug-likeness (QED) is 0.816. The maximum Gasteiger partial charge on any atom is 0.271 e. The van der Waals surface area contributed by atoms with Gasteiger partial charge in [0.15, 0.2) is 5.69 Å². The van der Waals surface area contributed by atoms with Crippen molar-refractivity contribution in [2.24, 2.45) is 5.92 Å². The Morgan fingerprint density at radius 3 is 2.58 bits per heavy atom. The molecule has 1 aromatic carbocycles. The number of hydrogen-bond acceptors (Lipinski definition) is 4. The van der Waals surface area contributed by atoms with Crippen LogP contribution in [0.5, 0.6) is 5.75 Å². The third-order valence-electron chi connectivity index (χ3n) is 3.68. The Morgan fingerprint density at radius 1 is 1.33 bits per heavy atom. The van der Waals surface area contributed by atoms with Crippen LogP contribution < -0.4 is 10.1 Å². The standard InChI is InChI=1S/C18H25N3O3/c1-12(2)9-15(22)11-19-18(23)17-10-13(3)21(20-17)14-5-7-16(24-4)8-6-14/h5-8,10,12,15,22H,9,11H2,1-4H3,(H,19,23). The van der Waals surface area contributed by atoms with Gasteiger partial charge in [0, 0.05) is 12.2 Å². The summed E-state index contributed by atoms with van der Waals surface area (Å²) in [6.45, 7) is 6.18. The zero-order valence-electron chi connectivity index (χ0n) is 14.6. The molecule has 130 valence electrons. The summed E-state index contributed by atoms with van der Waals surface area (Å²) in [5.74, 6) is 0.863. The second kappa shape index (κ2) is 7.97. The average Bonchev–Trinajstić information content (AvgIpc) is 2.94. The molecular weight excluding hydrogens is 306 g/mol. The van der Waals surface area contributed by atoms with Gasteiger partial charge in [-0.05, 0) is 49.6 Å². The Balaban J connectivity index is 2.05. The van der Waals surface area contributed by atoms with Crippen LogP contribution in [-0.2, 0) is 0 Å². The van der Waals surface area contributed by atoms with Gasteiger partial charge in [0.1, 0.15) is 5.75 Å². The molecule has 1 aromatic heterocycles. The maximum absolute atomic E-state index is 12.2. The molecule has 6 nitrogen and oxygen atoms in total. The van der Waals surface area contributed by atoms with Gasteiger partial charge in [-0.15, -0.1) is 0 Å². The highest BCUT2D eigenvalue weighted by molar-refractivity contribution is 5.92. The summed E-state index contributed by atoms with van der Waals surface area (Å²) in [6, 6.07) is 9.19. The number of ether oxygens (including phenoxy) is 1. The van der Waals surface area contributed by atoms with Crippen LogP contribution in [0, 0.1) is 12.8 Å². The van der Waals surface area contributed by atoms with E-state index in [1.54, 1.807) is 17.9 Å². The molecule has 0 saturated heterocycles. The molecule has 2 rings (SSSR count). The highest BCUT2D eigenvalue weighted by atomic mass is 16.5. The molecule has 0 aliphatic heterocycles. The summed E-state index contributed by atoms with van der Waals surface area (Å²) in [5.41, 5.74) is 2.04. The number of amides is 1. The van der Waals surface area contributed by atoms with Crippen LogP contribution in [0.3, 0.4) is 0 Å². The van der Waals surface area contributed by atoms with Crippen LogP contribution in [0.4, 0.5) is 0 Å². The molecule has 1 heterocycles.